The zero-order valence-corrected chi connectivity index (χ0v) is 25.3. The Balaban J connectivity index is 1.48. The fraction of sp³-hybridized carbons (Fsp3) is 0.414. The molecule has 18 heteroatoms. The van der Waals surface area contributed by atoms with Gasteiger partial charge in [-0.2, -0.15) is 22.0 Å². The maximum atomic E-state index is 13.6. The Kier molecular flexibility index (Phi) is 11.0. The summed E-state index contributed by atoms with van der Waals surface area (Å²) in [6.45, 7) is -0.0561. The first-order valence-electron chi connectivity index (χ1n) is 14.0. The average Bonchev–Trinajstić information content (AvgIpc) is 3.44. The van der Waals surface area contributed by atoms with Gasteiger partial charge in [-0.25, -0.2) is 27.2 Å². The SMILES string of the molecule is CCS(=O)(=O)c1ccc([C@H](CO)NC(=O)c2cnc(N3CC(Oc4ccc(C(F)(F)F)cc4)C[C@H]3COC(F)(F)C(F)F)nc2)cc1. The number of carbonyl (C=O) groups excluding carboxylic acids is 1. The van der Waals surface area contributed by atoms with Gasteiger partial charge in [0.15, 0.2) is 9.84 Å². The number of aliphatic hydroxyl groups excluding tert-OH is 1. The smallest absolute Gasteiger partial charge is 0.416 e. The largest absolute Gasteiger partial charge is 0.489 e. The van der Waals surface area contributed by atoms with E-state index in [2.05, 4.69) is 20.0 Å². The van der Waals surface area contributed by atoms with E-state index in [9.17, 15) is 49.1 Å². The van der Waals surface area contributed by atoms with Gasteiger partial charge in [0.25, 0.3) is 5.91 Å². The van der Waals surface area contributed by atoms with Crippen molar-refractivity contribution in [2.45, 2.75) is 55.1 Å². The highest BCUT2D eigenvalue weighted by atomic mass is 32.2. The van der Waals surface area contributed by atoms with E-state index >= 15 is 0 Å². The van der Waals surface area contributed by atoms with E-state index < -0.39 is 71.4 Å². The van der Waals surface area contributed by atoms with Crippen molar-refractivity contribution in [3.05, 3.63) is 77.6 Å². The van der Waals surface area contributed by atoms with E-state index in [4.69, 9.17) is 4.74 Å². The van der Waals surface area contributed by atoms with Gasteiger partial charge in [-0.15, -0.1) is 0 Å². The molecule has 3 aromatic rings. The summed E-state index contributed by atoms with van der Waals surface area (Å²) in [6, 6.07) is 7.38. The van der Waals surface area contributed by atoms with Crippen molar-refractivity contribution < 1.29 is 58.5 Å². The molecule has 0 aliphatic carbocycles. The summed E-state index contributed by atoms with van der Waals surface area (Å²) < 4.78 is 125. The molecule has 3 atom stereocenters. The molecular formula is C29H29F7N4O6S. The van der Waals surface area contributed by atoms with E-state index in [1.165, 1.54) is 36.1 Å². The lowest BCUT2D eigenvalue weighted by molar-refractivity contribution is -0.301. The monoisotopic (exact) mass is 694 g/mol. The molecule has 1 saturated heterocycles. The minimum Gasteiger partial charge on any atom is -0.489 e. The van der Waals surface area contributed by atoms with Crippen LogP contribution in [0.4, 0.5) is 36.7 Å². The van der Waals surface area contributed by atoms with Gasteiger partial charge in [-0.1, -0.05) is 19.1 Å². The van der Waals surface area contributed by atoms with Gasteiger partial charge in [-0.3, -0.25) is 4.79 Å². The maximum absolute atomic E-state index is 13.6. The minimum absolute atomic E-state index is 0.0374. The van der Waals surface area contributed by atoms with Crippen LogP contribution in [0.1, 0.15) is 40.9 Å². The zero-order chi connectivity index (χ0) is 34.6. The lowest BCUT2D eigenvalue weighted by Crippen LogP contribution is -2.39. The Labute approximate surface area is 264 Å². The van der Waals surface area contributed by atoms with Crippen LogP contribution in [0, 0.1) is 0 Å². The van der Waals surface area contributed by atoms with E-state index in [1.54, 1.807) is 0 Å². The first-order valence-corrected chi connectivity index (χ1v) is 15.7. The highest BCUT2D eigenvalue weighted by molar-refractivity contribution is 7.91. The van der Waals surface area contributed by atoms with Gasteiger partial charge in [-0.05, 0) is 42.0 Å². The molecule has 2 heterocycles. The number of hydrogen-bond acceptors (Lipinski definition) is 9. The summed E-state index contributed by atoms with van der Waals surface area (Å²) in [6.07, 6.45) is -12.1. The van der Waals surface area contributed by atoms with Crippen LogP contribution in [0.3, 0.4) is 0 Å². The predicted octanol–water partition coefficient (Wildman–Crippen LogP) is 4.65. The maximum Gasteiger partial charge on any atom is 0.416 e. The quantitative estimate of drug-likeness (QED) is 0.246. The molecule has 1 unspecified atom stereocenters. The van der Waals surface area contributed by atoms with E-state index in [1.807, 2.05) is 0 Å². The number of aliphatic hydroxyl groups is 1. The fourth-order valence-electron chi connectivity index (χ4n) is 4.68. The van der Waals surface area contributed by atoms with Crippen molar-refractivity contribution in [2.75, 3.05) is 30.4 Å². The molecule has 47 heavy (non-hydrogen) atoms. The van der Waals surface area contributed by atoms with Crippen LogP contribution in [0.15, 0.2) is 65.8 Å². The van der Waals surface area contributed by atoms with Gasteiger partial charge in [0.1, 0.15) is 11.9 Å². The number of hydrogen-bond donors (Lipinski definition) is 2. The number of nitrogens with zero attached hydrogens (tertiary/aromatic N) is 3. The number of anilines is 1. The van der Waals surface area contributed by atoms with E-state index in [0.29, 0.717) is 5.56 Å². The van der Waals surface area contributed by atoms with Crippen LogP contribution in [0.2, 0.25) is 0 Å². The molecule has 10 nitrogen and oxygen atoms in total. The van der Waals surface area contributed by atoms with Crippen molar-refractivity contribution in [2.24, 2.45) is 0 Å². The molecular weight excluding hydrogens is 665 g/mol. The number of aromatic nitrogens is 2. The normalized spacial score (nSPS) is 18.0. The second-order valence-corrected chi connectivity index (χ2v) is 12.7. The lowest BCUT2D eigenvalue weighted by Gasteiger charge is -2.26. The summed E-state index contributed by atoms with van der Waals surface area (Å²) in [5.41, 5.74) is -0.583. The standard InChI is InChI=1S/C29H29F7N4O6S/c1-2-47(43,44)23-9-3-17(4-10-23)24(15-41)39-25(42)18-12-37-27(38-13-18)40-14-22(11-20(40)16-45-29(35,36)26(30)31)46-21-7-5-19(6-8-21)28(32,33)34/h3-10,12-13,20,22,24,26,41H,2,11,14-16H2,1H3,(H,39,42)/t20-,22?,24-/m0/s1. The van der Waals surface area contributed by atoms with Crippen LogP contribution in [-0.2, 0) is 20.8 Å². The predicted molar refractivity (Wildman–Crippen MR) is 152 cm³/mol. The van der Waals surface area contributed by atoms with Gasteiger partial charge in [0, 0.05) is 18.8 Å². The number of sulfone groups is 1. The number of carbonyl (C=O) groups is 1. The van der Waals surface area contributed by atoms with Crippen molar-refractivity contribution in [3.63, 3.8) is 0 Å². The third kappa shape index (κ3) is 8.86. The molecule has 0 radical (unpaired) electrons. The molecule has 2 N–H and O–H groups in total. The van der Waals surface area contributed by atoms with Gasteiger partial charge in [0.2, 0.25) is 5.95 Å². The molecule has 1 fully saturated rings. The van der Waals surface area contributed by atoms with Crippen LogP contribution >= 0.6 is 0 Å². The Hall–Kier alpha value is -4.03. The first-order chi connectivity index (χ1) is 22.0. The Morgan fingerprint density at radius 3 is 2.19 bits per heavy atom. The number of alkyl halides is 7. The van der Waals surface area contributed by atoms with Gasteiger partial charge >= 0.3 is 18.7 Å². The number of nitrogens with one attached hydrogen (secondary N) is 1. The summed E-state index contributed by atoms with van der Waals surface area (Å²) >= 11 is 0. The molecule has 0 bridgehead atoms. The summed E-state index contributed by atoms with van der Waals surface area (Å²) in [4.78, 5) is 22.5. The fourth-order valence-corrected chi connectivity index (χ4v) is 5.57. The number of amides is 1. The van der Waals surface area contributed by atoms with Crippen LogP contribution in [0.5, 0.6) is 5.75 Å². The minimum atomic E-state index is -4.76. The molecule has 4 rings (SSSR count). The number of benzene rings is 2. The van der Waals surface area contributed by atoms with Crippen LogP contribution in [-0.4, -0.2) is 79.6 Å². The van der Waals surface area contributed by atoms with Crippen molar-refractivity contribution >= 4 is 21.7 Å². The molecule has 256 valence electrons. The molecule has 1 aliphatic heterocycles. The Bertz CT molecular complexity index is 1610. The summed E-state index contributed by atoms with van der Waals surface area (Å²) in [5, 5.41) is 12.4. The third-order valence-corrected chi connectivity index (χ3v) is 9.00. The molecule has 1 amide bonds. The van der Waals surface area contributed by atoms with Crippen molar-refractivity contribution in [3.8, 4) is 5.75 Å². The number of halogens is 7. The third-order valence-electron chi connectivity index (χ3n) is 7.25. The summed E-state index contributed by atoms with van der Waals surface area (Å²) in [7, 11) is -3.46. The zero-order valence-electron chi connectivity index (χ0n) is 24.5. The molecule has 0 saturated carbocycles. The van der Waals surface area contributed by atoms with Gasteiger partial charge in [0.05, 0.1) is 53.6 Å². The Morgan fingerprint density at radius 2 is 1.66 bits per heavy atom. The van der Waals surface area contributed by atoms with Crippen LogP contribution in [0.25, 0.3) is 0 Å². The molecule has 1 aromatic heterocycles. The first kappa shape index (κ1) is 35.8. The van der Waals surface area contributed by atoms with Crippen molar-refractivity contribution in [1.29, 1.82) is 0 Å². The molecule has 1 aliphatic rings. The van der Waals surface area contributed by atoms with E-state index in [0.717, 1.165) is 36.7 Å². The summed E-state index contributed by atoms with van der Waals surface area (Å²) in [5.74, 6) is -0.902. The molecule has 0 spiro atoms. The Morgan fingerprint density at radius 1 is 1.04 bits per heavy atom. The molecule has 2 aromatic carbocycles. The highest BCUT2D eigenvalue weighted by Gasteiger charge is 2.45. The number of ether oxygens (including phenoxy) is 2. The number of rotatable bonds is 13. The second kappa shape index (κ2) is 14.4. The van der Waals surface area contributed by atoms with E-state index in [-0.39, 0.29) is 40.9 Å². The topological polar surface area (TPSA) is 131 Å². The lowest BCUT2D eigenvalue weighted by atomic mass is 10.1. The highest BCUT2D eigenvalue weighted by Crippen LogP contribution is 2.33. The second-order valence-electron chi connectivity index (χ2n) is 10.4. The van der Waals surface area contributed by atoms with Gasteiger partial charge < -0.3 is 24.8 Å². The average molecular weight is 695 g/mol. The van der Waals surface area contributed by atoms with Crippen molar-refractivity contribution in [1.82, 2.24) is 15.3 Å². The van der Waals surface area contributed by atoms with Crippen LogP contribution < -0.4 is 15.0 Å².